The van der Waals surface area contributed by atoms with Gasteiger partial charge < -0.3 is 19.1 Å². The predicted octanol–water partition coefficient (Wildman–Crippen LogP) is 4.99. The van der Waals surface area contributed by atoms with Crippen LogP contribution in [0.2, 0.25) is 0 Å². The molecule has 0 spiro atoms. The van der Waals surface area contributed by atoms with E-state index in [0.717, 1.165) is 50.8 Å². The lowest BCUT2D eigenvalue weighted by Gasteiger charge is -2.24. The zero-order chi connectivity index (χ0) is 22.7. The van der Waals surface area contributed by atoms with Crippen molar-refractivity contribution in [1.82, 2.24) is 0 Å². The number of carbonyl (C=O) groups is 1. The highest BCUT2D eigenvalue weighted by atomic mass is 16.6. The summed E-state index contributed by atoms with van der Waals surface area (Å²) < 4.78 is 15.8. The van der Waals surface area contributed by atoms with E-state index in [1.54, 1.807) is 6.08 Å². The molecule has 0 atom stereocenters. The van der Waals surface area contributed by atoms with Gasteiger partial charge in [0.1, 0.15) is 18.2 Å². The molecule has 6 nitrogen and oxygen atoms in total. The molecular weight excluding hydrogens is 392 g/mol. The molecule has 0 amide bonds. The van der Waals surface area contributed by atoms with Crippen molar-refractivity contribution in [1.29, 1.82) is 5.26 Å². The maximum atomic E-state index is 12.2. The highest BCUT2D eigenvalue weighted by Crippen LogP contribution is 2.18. The van der Waals surface area contributed by atoms with Crippen molar-refractivity contribution in [2.75, 3.05) is 51.0 Å². The zero-order valence-electron chi connectivity index (χ0n) is 19.4. The molecule has 0 N–H and O–H groups in total. The van der Waals surface area contributed by atoms with E-state index in [2.05, 4.69) is 18.7 Å². The first-order valence-corrected chi connectivity index (χ1v) is 11.5. The van der Waals surface area contributed by atoms with Crippen LogP contribution in [-0.4, -0.2) is 52.1 Å². The number of hydrogen-bond acceptors (Lipinski definition) is 6. The van der Waals surface area contributed by atoms with Crippen LogP contribution in [0.4, 0.5) is 5.69 Å². The van der Waals surface area contributed by atoms with Crippen LogP contribution in [0.3, 0.4) is 0 Å². The Balaban J connectivity index is 2.56. The Kier molecular flexibility index (Phi) is 14.9. The van der Waals surface area contributed by atoms with E-state index in [1.807, 2.05) is 37.3 Å². The van der Waals surface area contributed by atoms with Crippen LogP contribution >= 0.6 is 0 Å². The summed E-state index contributed by atoms with van der Waals surface area (Å²) in [5.74, 6) is -0.634. The van der Waals surface area contributed by atoms with E-state index in [0.29, 0.717) is 19.8 Å². The third kappa shape index (κ3) is 11.6. The summed E-state index contributed by atoms with van der Waals surface area (Å²) in [6, 6.07) is 9.90. The fourth-order valence-electron chi connectivity index (χ4n) is 2.89. The lowest BCUT2D eigenvalue weighted by Crippen LogP contribution is -2.25. The molecule has 0 heterocycles. The number of esters is 1. The largest absolute Gasteiger partial charge is 0.459 e. The number of nitrogens with zero attached hydrogens (tertiary/aromatic N) is 2. The van der Waals surface area contributed by atoms with Crippen molar-refractivity contribution < 1.29 is 19.0 Å². The molecule has 1 aromatic rings. The Labute approximate surface area is 187 Å². The molecule has 0 aromatic heterocycles. The highest BCUT2D eigenvalue weighted by molar-refractivity contribution is 5.97. The summed E-state index contributed by atoms with van der Waals surface area (Å²) in [4.78, 5) is 14.6. The lowest BCUT2D eigenvalue weighted by molar-refractivity contribution is -0.140. The molecule has 0 unspecified atom stereocenters. The minimum Gasteiger partial charge on any atom is -0.459 e. The SMILES string of the molecule is CCCCN(CCCC)c1ccc(/C=C(\C#N)C(=O)OCCOCCOCCC)cc1. The maximum absolute atomic E-state index is 12.2. The first-order chi connectivity index (χ1) is 15.2. The number of hydrogen-bond donors (Lipinski definition) is 0. The van der Waals surface area contributed by atoms with Crippen LogP contribution in [0.1, 0.15) is 58.4 Å². The quantitative estimate of drug-likeness (QED) is 0.150. The second kappa shape index (κ2) is 17.3. The van der Waals surface area contributed by atoms with E-state index < -0.39 is 5.97 Å². The van der Waals surface area contributed by atoms with Gasteiger partial charge in [-0.05, 0) is 43.0 Å². The van der Waals surface area contributed by atoms with E-state index in [4.69, 9.17) is 14.2 Å². The molecule has 0 saturated heterocycles. The van der Waals surface area contributed by atoms with Crippen molar-refractivity contribution >= 4 is 17.7 Å². The minimum absolute atomic E-state index is 0.0205. The Morgan fingerprint density at radius 1 is 0.903 bits per heavy atom. The van der Waals surface area contributed by atoms with Gasteiger partial charge in [0, 0.05) is 25.4 Å². The first kappa shape index (κ1) is 26.7. The minimum atomic E-state index is -0.634. The molecular formula is C25H38N2O4. The van der Waals surface area contributed by atoms with E-state index in [1.165, 1.54) is 5.69 Å². The molecule has 0 aliphatic rings. The topological polar surface area (TPSA) is 71.8 Å². The average Bonchev–Trinajstić information content (AvgIpc) is 2.79. The maximum Gasteiger partial charge on any atom is 0.348 e. The number of benzene rings is 1. The number of rotatable bonds is 17. The van der Waals surface area contributed by atoms with Crippen LogP contribution in [-0.2, 0) is 19.0 Å². The normalized spacial score (nSPS) is 11.2. The summed E-state index contributed by atoms with van der Waals surface area (Å²) in [6.45, 7) is 10.6. The number of nitriles is 1. The molecule has 0 aliphatic heterocycles. The van der Waals surface area contributed by atoms with Gasteiger partial charge in [0.2, 0.25) is 0 Å². The summed E-state index contributed by atoms with van der Waals surface area (Å²) in [5, 5.41) is 9.34. The number of anilines is 1. The Morgan fingerprint density at radius 3 is 2.03 bits per heavy atom. The lowest BCUT2D eigenvalue weighted by atomic mass is 10.1. The zero-order valence-corrected chi connectivity index (χ0v) is 19.4. The number of carbonyl (C=O) groups excluding carboxylic acids is 1. The average molecular weight is 431 g/mol. The van der Waals surface area contributed by atoms with E-state index in [9.17, 15) is 10.1 Å². The third-order valence-electron chi connectivity index (χ3n) is 4.65. The van der Waals surface area contributed by atoms with E-state index in [-0.39, 0.29) is 18.8 Å². The van der Waals surface area contributed by atoms with Crippen LogP contribution < -0.4 is 4.90 Å². The van der Waals surface area contributed by atoms with Crippen LogP contribution in [0.5, 0.6) is 0 Å². The molecule has 172 valence electrons. The Bertz CT molecular complexity index is 672. The molecule has 1 aromatic carbocycles. The van der Waals surface area contributed by atoms with E-state index >= 15 is 0 Å². The Morgan fingerprint density at radius 2 is 1.48 bits per heavy atom. The van der Waals surface area contributed by atoms with Gasteiger partial charge >= 0.3 is 5.97 Å². The van der Waals surface area contributed by atoms with Gasteiger partial charge in [-0.15, -0.1) is 0 Å². The second-order valence-corrected chi connectivity index (χ2v) is 7.32. The molecule has 0 radical (unpaired) electrons. The van der Waals surface area contributed by atoms with Crippen molar-refractivity contribution in [2.24, 2.45) is 0 Å². The number of unbranched alkanes of at least 4 members (excludes halogenated alkanes) is 2. The van der Waals surface area contributed by atoms with Crippen LogP contribution in [0.25, 0.3) is 6.08 Å². The van der Waals surface area contributed by atoms with Gasteiger partial charge in [-0.25, -0.2) is 4.79 Å². The molecule has 0 aliphatic carbocycles. The van der Waals surface area contributed by atoms with Crippen LogP contribution in [0.15, 0.2) is 29.8 Å². The fourth-order valence-corrected chi connectivity index (χ4v) is 2.89. The van der Waals surface area contributed by atoms with Gasteiger partial charge in [-0.3, -0.25) is 0 Å². The first-order valence-electron chi connectivity index (χ1n) is 11.5. The summed E-state index contributed by atoms with van der Waals surface area (Å²) in [5.41, 5.74) is 1.94. The highest BCUT2D eigenvalue weighted by Gasteiger charge is 2.11. The van der Waals surface area contributed by atoms with Crippen LogP contribution in [0, 0.1) is 11.3 Å². The van der Waals surface area contributed by atoms with Gasteiger partial charge in [0.05, 0.1) is 19.8 Å². The number of ether oxygens (including phenoxy) is 3. The standard InChI is InChI=1S/C25H38N2O4/c1-4-7-13-27(14-8-5-2)24-11-9-22(10-12-24)20-23(21-26)25(28)31-19-18-30-17-16-29-15-6-3/h9-12,20H,4-8,13-19H2,1-3H3/b23-20+. The second-order valence-electron chi connectivity index (χ2n) is 7.32. The van der Waals surface area contributed by atoms with Crippen molar-refractivity contribution in [3.05, 3.63) is 35.4 Å². The monoisotopic (exact) mass is 430 g/mol. The Hall–Kier alpha value is -2.36. The van der Waals surface area contributed by atoms with Crippen molar-refractivity contribution in [3.63, 3.8) is 0 Å². The third-order valence-corrected chi connectivity index (χ3v) is 4.65. The predicted molar refractivity (Wildman–Crippen MR) is 125 cm³/mol. The molecule has 1 rings (SSSR count). The molecule has 31 heavy (non-hydrogen) atoms. The van der Waals surface area contributed by atoms with Gasteiger partial charge in [0.15, 0.2) is 0 Å². The summed E-state index contributed by atoms with van der Waals surface area (Å²) >= 11 is 0. The molecule has 0 fully saturated rings. The van der Waals surface area contributed by atoms with Gasteiger partial charge in [-0.2, -0.15) is 5.26 Å². The smallest absolute Gasteiger partial charge is 0.348 e. The molecule has 0 saturated carbocycles. The van der Waals surface area contributed by atoms with Crippen molar-refractivity contribution in [3.8, 4) is 6.07 Å². The summed E-state index contributed by atoms with van der Waals surface area (Å²) in [7, 11) is 0. The van der Waals surface area contributed by atoms with Gasteiger partial charge in [-0.1, -0.05) is 45.7 Å². The van der Waals surface area contributed by atoms with Gasteiger partial charge in [0.25, 0.3) is 0 Å². The molecule has 0 bridgehead atoms. The summed E-state index contributed by atoms with van der Waals surface area (Å²) in [6.07, 6.45) is 7.17. The van der Waals surface area contributed by atoms with Crippen molar-refractivity contribution in [2.45, 2.75) is 52.9 Å². The molecule has 6 heteroatoms. The fraction of sp³-hybridized carbons (Fsp3) is 0.600.